The number of hydrogen-bond acceptors (Lipinski definition) is 4. The molecule has 2 atom stereocenters. The summed E-state index contributed by atoms with van der Waals surface area (Å²) >= 11 is 0. The second-order valence-electron chi connectivity index (χ2n) is 4.96. The van der Waals surface area contributed by atoms with Gasteiger partial charge >= 0.3 is 0 Å². The molecular weight excluding hydrogens is 276 g/mol. The molecule has 110 valence electrons. The molecule has 1 heterocycles. The van der Waals surface area contributed by atoms with E-state index in [9.17, 15) is 8.42 Å². The molecule has 0 amide bonds. The number of aromatic nitrogens is 2. The Morgan fingerprint density at radius 2 is 2.00 bits per heavy atom. The van der Waals surface area contributed by atoms with Crippen LogP contribution in [0.15, 0.2) is 36.8 Å². The lowest BCUT2D eigenvalue weighted by atomic mass is 9.86. The maximum atomic E-state index is 11.1. The van der Waals surface area contributed by atoms with Gasteiger partial charge in [0, 0.05) is 24.4 Å². The van der Waals surface area contributed by atoms with Crippen LogP contribution in [0.5, 0.6) is 0 Å². The van der Waals surface area contributed by atoms with Gasteiger partial charge in [-0.1, -0.05) is 24.3 Å². The third-order valence-electron chi connectivity index (χ3n) is 3.44. The summed E-state index contributed by atoms with van der Waals surface area (Å²) in [5.74, 6) is 0.290. The van der Waals surface area contributed by atoms with E-state index in [1.54, 1.807) is 0 Å². The van der Waals surface area contributed by atoms with Crippen LogP contribution in [0.25, 0.3) is 0 Å². The lowest BCUT2D eigenvalue weighted by Crippen LogP contribution is -2.23. The third kappa shape index (κ3) is 4.05. The Morgan fingerprint density at radius 1 is 1.30 bits per heavy atom. The number of rotatable bonds is 6. The molecule has 0 saturated heterocycles. The lowest BCUT2D eigenvalue weighted by Gasteiger charge is -2.23. The van der Waals surface area contributed by atoms with E-state index in [1.165, 1.54) is 0 Å². The zero-order chi connectivity index (χ0) is 14.6. The summed E-state index contributed by atoms with van der Waals surface area (Å²) in [6.45, 7) is 3.14. The molecule has 0 saturated carbocycles. The van der Waals surface area contributed by atoms with Crippen molar-refractivity contribution in [1.29, 1.82) is 0 Å². The van der Waals surface area contributed by atoms with Crippen molar-refractivity contribution in [3.63, 3.8) is 0 Å². The fourth-order valence-electron chi connectivity index (χ4n) is 2.34. The largest absolute Gasteiger partial charge is 0.335 e. The summed E-state index contributed by atoms with van der Waals surface area (Å²) < 4.78 is 29.3. The van der Waals surface area contributed by atoms with Gasteiger partial charge in [-0.25, -0.2) is 4.98 Å². The average Bonchev–Trinajstić information content (AvgIpc) is 2.84. The number of imidazole rings is 1. The molecule has 2 unspecified atom stereocenters. The second-order valence-corrected chi connectivity index (χ2v) is 6.61. The van der Waals surface area contributed by atoms with Crippen molar-refractivity contribution in [1.82, 2.24) is 9.55 Å². The van der Waals surface area contributed by atoms with Gasteiger partial charge in [-0.3, -0.25) is 4.18 Å². The SMILES string of the molecule is CCn1cncc1CC1C=CC=CC1COS(C)(=O)=O. The maximum absolute atomic E-state index is 11.1. The number of hydrogen-bond donors (Lipinski definition) is 0. The zero-order valence-electron chi connectivity index (χ0n) is 11.8. The van der Waals surface area contributed by atoms with E-state index in [-0.39, 0.29) is 18.4 Å². The van der Waals surface area contributed by atoms with Gasteiger partial charge in [0.25, 0.3) is 10.1 Å². The molecular formula is C14H20N2O3S. The first kappa shape index (κ1) is 15.0. The molecule has 1 aliphatic rings. The standard InChI is InChI=1S/C14H20N2O3S/c1-3-16-11-15-9-14(16)8-12-6-4-5-7-13(12)10-19-20(2,17)18/h4-7,9,11-13H,3,8,10H2,1-2H3. The van der Waals surface area contributed by atoms with Gasteiger partial charge in [-0.2, -0.15) is 8.42 Å². The fourth-order valence-corrected chi connectivity index (χ4v) is 2.75. The minimum atomic E-state index is -3.40. The Labute approximate surface area is 120 Å². The van der Waals surface area contributed by atoms with E-state index in [4.69, 9.17) is 4.18 Å². The molecule has 0 radical (unpaired) electrons. The van der Waals surface area contributed by atoms with Crippen molar-refractivity contribution in [2.24, 2.45) is 11.8 Å². The number of aryl methyl sites for hydroxylation is 1. The highest BCUT2D eigenvalue weighted by molar-refractivity contribution is 7.85. The summed E-state index contributed by atoms with van der Waals surface area (Å²) in [4.78, 5) is 4.16. The van der Waals surface area contributed by atoms with E-state index in [2.05, 4.69) is 22.6 Å². The van der Waals surface area contributed by atoms with Crippen LogP contribution in [-0.4, -0.2) is 30.8 Å². The highest BCUT2D eigenvalue weighted by Gasteiger charge is 2.22. The highest BCUT2D eigenvalue weighted by Crippen LogP contribution is 2.24. The molecule has 5 nitrogen and oxygen atoms in total. The lowest BCUT2D eigenvalue weighted by molar-refractivity contribution is 0.250. The predicted molar refractivity (Wildman–Crippen MR) is 77.7 cm³/mol. The topological polar surface area (TPSA) is 61.2 Å². The Hall–Kier alpha value is -1.40. The van der Waals surface area contributed by atoms with Crippen LogP contribution >= 0.6 is 0 Å². The van der Waals surface area contributed by atoms with E-state index in [0.717, 1.165) is 24.9 Å². The molecule has 0 fully saturated rings. The normalized spacial score (nSPS) is 22.3. The molecule has 1 aromatic rings. The minimum Gasteiger partial charge on any atom is -0.335 e. The number of nitrogens with zero attached hydrogens (tertiary/aromatic N) is 2. The van der Waals surface area contributed by atoms with Crippen LogP contribution < -0.4 is 0 Å². The van der Waals surface area contributed by atoms with Crippen molar-refractivity contribution in [2.45, 2.75) is 19.9 Å². The van der Waals surface area contributed by atoms with Gasteiger partial charge in [0.2, 0.25) is 0 Å². The molecule has 0 spiro atoms. The van der Waals surface area contributed by atoms with E-state index in [1.807, 2.05) is 30.8 Å². The monoisotopic (exact) mass is 296 g/mol. The van der Waals surface area contributed by atoms with Gasteiger partial charge in [-0.05, 0) is 19.3 Å². The van der Waals surface area contributed by atoms with Crippen molar-refractivity contribution < 1.29 is 12.6 Å². The third-order valence-corrected chi connectivity index (χ3v) is 4.00. The zero-order valence-corrected chi connectivity index (χ0v) is 12.6. The minimum absolute atomic E-state index is 0.0648. The average molecular weight is 296 g/mol. The summed E-state index contributed by atoms with van der Waals surface area (Å²) in [6, 6.07) is 0. The van der Waals surface area contributed by atoms with Gasteiger partial charge in [0.1, 0.15) is 0 Å². The summed E-state index contributed by atoms with van der Waals surface area (Å²) in [6.07, 6.45) is 13.6. The van der Waals surface area contributed by atoms with Crippen LogP contribution in [-0.2, 0) is 27.3 Å². The molecule has 20 heavy (non-hydrogen) atoms. The van der Waals surface area contributed by atoms with Gasteiger partial charge in [-0.15, -0.1) is 0 Å². The van der Waals surface area contributed by atoms with Gasteiger partial charge in [0.05, 0.1) is 19.2 Å². The smallest absolute Gasteiger partial charge is 0.264 e. The molecule has 0 bridgehead atoms. The van der Waals surface area contributed by atoms with Gasteiger partial charge in [0.15, 0.2) is 0 Å². The number of allylic oxidation sites excluding steroid dienone is 3. The van der Waals surface area contributed by atoms with Crippen LogP contribution in [0, 0.1) is 11.8 Å². The molecule has 6 heteroatoms. The van der Waals surface area contributed by atoms with Crippen molar-refractivity contribution in [2.75, 3.05) is 12.9 Å². The fraction of sp³-hybridized carbons (Fsp3) is 0.500. The van der Waals surface area contributed by atoms with E-state index >= 15 is 0 Å². The first-order valence-corrected chi connectivity index (χ1v) is 8.49. The summed E-state index contributed by atoms with van der Waals surface area (Å²) in [5.41, 5.74) is 1.15. The summed E-state index contributed by atoms with van der Waals surface area (Å²) in [7, 11) is -3.40. The Balaban J connectivity index is 2.04. The van der Waals surface area contributed by atoms with Gasteiger partial charge < -0.3 is 4.57 Å². The molecule has 0 N–H and O–H groups in total. The Morgan fingerprint density at radius 3 is 2.65 bits per heavy atom. The first-order valence-electron chi connectivity index (χ1n) is 6.68. The van der Waals surface area contributed by atoms with Crippen LogP contribution in [0.1, 0.15) is 12.6 Å². The maximum Gasteiger partial charge on any atom is 0.264 e. The Kier molecular flexibility index (Phi) is 4.77. The first-order chi connectivity index (χ1) is 9.49. The van der Waals surface area contributed by atoms with E-state index < -0.39 is 10.1 Å². The van der Waals surface area contributed by atoms with Crippen molar-refractivity contribution in [3.8, 4) is 0 Å². The second kappa shape index (κ2) is 6.37. The van der Waals surface area contributed by atoms with Crippen LogP contribution in [0.4, 0.5) is 0 Å². The highest BCUT2D eigenvalue weighted by atomic mass is 32.2. The van der Waals surface area contributed by atoms with Crippen LogP contribution in [0.2, 0.25) is 0 Å². The Bertz CT molecular complexity index is 602. The molecule has 1 aromatic heterocycles. The van der Waals surface area contributed by atoms with Crippen molar-refractivity contribution >= 4 is 10.1 Å². The molecule has 2 rings (SSSR count). The molecule has 1 aliphatic carbocycles. The quantitative estimate of drug-likeness (QED) is 0.751. The molecule has 0 aromatic carbocycles. The van der Waals surface area contributed by atoms with E-state index in [0.29, 0.717) is 0 Å². The predicted octanol–water partition coefficient (Wildman–Crippen LogP) is 1.78. The molecule has 0 aliphatic heterocycles. The van der Waals surface area contributed by atoms with Crippen molar-refractivity contribution in [3.05, 3.63) is 42.5 Å². The summed E-state index contributed by atoms with van der Waals surface area (Å²) in [5, 5.41) is 0. The van der Waals surface area contributed by atoms with Crippen LogP contribution in [0.3, 0.4) is 0 Å².